The number of likely N-dealkylation sites (tertiary alicyclic amines) is 1. The van der Waals surface area contributed by atoms with Crippen molar-refractivity contribution >= 4 is 27.5 Å². The predicted octanol–water partition coefficient (Wildman–Crippen LogP) is 1.24. The summed E-state index contributed by atoms with van der Waals surface area (Å²) in [6, 6.07) is 4.22. The molecule has 0 spiro atoms. The summed E-state index contributed by atoms with van der Waals surface area (Å²) in [6.07, 6.45) is 2.27. The molecule has 0 bridgehead atoms. The number of sulfonamides is 1. The Hall–Kier alpha value is -1.97. The van der Waals surface area contributed by atoms with E-state index in [-0.39, 0.29) is 16.7 Å². The van der Waals surface area contributed by atoms with E-state index in [0.29, 0.717) is 57.4 Å². The Bertz CT molecular complexity index is 934. The molecule has 3 aliphatic heterocycles. The summed E-state index contributed by atoms with van der Waals surface area (Å²) >= 11 is 0. The van der Waals surface area contributed by atoms with E-state index in [9.17, 15) is 18.0 Å². The molecule has 9 heteroatoms. The summed E-state index contributed by atoms with van der Waals surface area (Å²) in [4.78, 5) is 29.2. The van der Waals surface area contributed by atoms with Crippen LogP contribution in [-0.4, -0.2) is 74.9 Å². The van der Waals surface area contributed by atoms with E-state index in [1.165, 1.54) is 22.2 Å². The third kappa shape index (κ3) is 3.86. The SMILES string of the molecule is CC(=O)N1c2ccc(S(=O)(=O)N3CCOCC3)cc2C[C@@H]1C(=O)N1CCC(C)CC1. The largest absolute Gasteiger partial charge is 0.379 e. The zero-order valence-corrected chi connectivity index (χ0v) is 18.4. The second-order valence-electron chi connectivity index (χ2n) is 8.42. The topological polar surface area (TPSA) is 87.2 Å². The number of anilines is 1. The molecule has 2 amide bonds. The van der Waals surface area contributed by atoms with Gasteiger partial charge in [0.05, 0.1) is 18.1 Å². The maximum atomic E-state index is 13.2. The number of ether oxygens (including phenoxy) is 1. The number of carbonyl (C=O) groups excluding carboxylic acids is 2. The smallest absolute Gasteiger partial charge is 0.246 e. The fourth-order valence-electron chi connectivity index (χ4n) is 4.55. The molecule has 4 rings (SSSR count). The summed E-state index contributed by atoms with van der Waals surface area (Å²) in [5.74, 6) is 0.346. The van der Waals surface area contributed by atoms with Crippen LogP contribution in [0.3, 0.4) is 0 Å². The molecule has 8 nitrogen and oxygen atoms in total. The van der Waals surface area contributed by atoms with Crippen LogP contribution in [0, 0.1) is 5.92 Å². The lowest BCUT2D eigenvalue weighted by atomic mass is 9.98. The molecule has 3 heterocycles. The lowest BCUT2D eigenvalue weighted by Crippen LogP contribution is -2.51. The van der Waals surface area contributed by atoms with Crippen molar-refractivity contribution in [2.75, 3.05) is 44.3 Å². The molecule has 0 aliphatic carbocycles. The summed E-state index contributed by atoms with van der Waals surface area (Å²) < 4.78 is 32.7. The lowest BCUT2D eigenvalue weighted by molar-refractivity contribution is -0.135. The molecule has 0 saturated carbocycles. The first-order valence-corrected chi connectivity index (χ1v) is 12.0. The fraction of sp³-hybridized carbons (Fsp3) is 0.619. The minimum Gasteiger partial charge on any atom is -0.379 e. The molecule has 30 heavy (non-hydrogen) atoms. The van der Waals surface area contributed by atoms with E-state index in [0.717, 1.165) is 18.4 Å². The number of carbonyl (C=O) groups is 2. The zero-order chi connectivity index (χ0) is 21.5. The maximum Gasteiger partial charge on any atom is 0.246 e. The van der Waals surface area contributed by atoms with Gasteiger partial charge in [-0.15, -0.1) is 0 Å². The van der Waals surface area contributed by atoms with Crippen molar-refractivity contribution in [2.24, 2.45) is 5.92 Å². The number of morpholine rings is 1. The highest BCUT2D eigenvalue weighted by molar-refractivity contribution is 7.89. The quantitative estimate of drug-likeness (QED) is 0.713. The molecule has 0 N–H and O–H groups in total. The van der Waals surface area contributed by atoms with Gasteiger partial charge in [-0.25, -0.2) is 8.42 Å². The molecule has 1 atom stereocenters. The van der Waals surface area contributed by atoms with Crippen molar-refractivity contribution in [3.05, 3.63) is 23.8 Å². The van der Waals surface area contributed by atoms with Crippen LogP contribution in [0.15, 0.2) is 23.1 Å². The van der Waals surface area contributed by atoms with Gasteiger partial charge in [0, 0.05) is 45.2 Å². The average molecular weight is 436 g/mol. The first-order chi connectivity index (χ1) is 14.3. The lowest BCUT2D eigenvalue weighted by Gasteiger charge is -2.34. The molecule has 3 aliphatic rings. The number of benzene rings is 1. The molecule has 1 aromatic rings. The van der Waals surface area contributed by atoms with Crippen LogP contribution in [0.5, 0.6) is 0 Å². The molecular weight excluding hydrogens is 406 g/mol. The highest BCUT2D eigenvalue weighted by Crippen LogP contribution is 2.36. The molecule has 0 aromatic heterocycles. The number of fused-ring (bicyclic) bond motifs is 1. The number of piperidine rings is 1. The van der Waals surface area contributed by atoms with Gasteiger partial charge >= 0.3 is 0 Å². The number of nitrogens with zero attached hydrogens (tertiary/aromatic N) is 3. The second-order valence-corrected chi connectivity index (χ2v) is 10.4. The van der Waals surface area contributed by atoms with Gasteiger partial charge in [0.25, 0.3) is 0 Å². The van der Waals surface area contributed by atoms with Crippen LogP contribution in [0.2, 0.25) is 0 Å². The number of rotatable bonds is 3. The van der Waals surface area contributed by atoms with E-state index in [2.05, 4.69) is 6.92 Å². The summed E-state index contributed by atoms with van der Waals surface area (Å²) in [7, 11) is -3.63. The Morgan fingerprint density at radius 1 is 1.07 bits per heavy atom. The van der Waals surface area contributed by atoms with Crippen LogP contribution < -0.4 is 4.90 Å². The Morgan fingerprint density at radius 2 is 1.73 bits per heavy atom. The minimum absolute atomic E-state index is 0.0501. The third-order valence-corrected chi connectivity index (χ3v) is 8.26. The van der Waals surface area contributed by atoms with Crippen LogP contribution in [0.25, 0.3) is 0 Å². The van der Waals surface area contributed by atoms with E-state index >= 15 is 0 Å². The molecular formula is C21H29N3O5S. The van der Waals surface area contributed by atoms with Crippen LogP contribution >= 0.6 is 0 Å². The summed E-state index contributed by atoms with van der Waals surface area (Å²) in [6.45, 7) is 6.46. The number of hydrogen-bond donors (Lipinski definition) is 0. The summed E-state index contributed by atoms with van der Waals surface area (Å²) in [5.41, 5.74) is 1.36. The van der Waals surface area contributed by atoms with Gasteiger partial charge in [-0.1, -0.05) is 6.92 Å². The molecule has 0 unspecified atom stereocenters. The van der Waals surface area contributed by atoms with Crippen molar-refractivity contribution in [3.8, 4) is 0 Å². The third-order valence-electron chi connectivity index (χ3n) is 6.36. The Balaban J connectivity index is 1.60. The van der Waals surface area contributed by atoms with Gasteiger partial charge in [0.2, 0.25) is 21.8 Å². The first-order valence-electron chi connectivity index (χ1n) is 10.6. The fourth-order valence-corrected chi connectivity index (χ4v) is 6.01. The van der Waals surface area contributed by atoms with Gasteiger partial charge in [-0.3, -0.25) is 14.5 Å². The van der Waals surface area contributed by atoms with E-state index < -0.39 is 16.1 Å². The van der Waals surface area contributed by atoms with Crippen LogP contribution in [-0.2, 0) is 30.8 Å². The summed E-state index contributed by atoms with van der Waals surface area (Å²) in [5, 5.41) is 0. The first kappa shape index (κ1) is 21.3. The molecule has 0 radical (unpaired) electrons. The molecule has 1 aromatic carbocycles. The van der Waals surface area contributed by atoms with E-state index in [1.54, 1.807) is 12.1 Å². The highest BCUT2D eigenvalue weighted by Gasteiger charge is 2.40. The predicted molar refractivity (Wildman–Crippen MR) is 112 cm³/mol. The van der Waals surface area contributed by atoms with Gasteiger partial charge in [-0.05, 0) is 42.5 Å². The molecule has 2 fully saturated rings. The maximum absolute atomic E-state index is 13.2. The van der Waals surface area contributed by atoms with E-state index in [1.807, 2.05) is 4.90 Å². The van der Waals surface area contributed by atoms with Gasteiger partial charge in [0.15, 0.2) is 0 Å². The van der Waals surface area contributed by atoms with Crippen LogP contribution in [0.4, 0.5) is 5.69 Å². The van der Waals surface area contributed by atoms with E-state index in [4.69, 9.17) is 4.74 Å². The monoisotopic (exact) mass is 435 g/mol. The van der Waals surface area contributed by atoms with Gasteiger partial charge in [-0.2, -0.15) is 4.31 Å². The highest BCUT2D eigenvalue weighted by atomic mass is 32.2. The average Bonchev–Trinajstić information content (AvgIpc) is 3.13. The Labute approximate surface area is 177 Å². The zero-order valence-electron chi connectivity index (χ0n) is 17.5. The van der Waals surface area contributed by atoms with Gasteiger partial charge < -0.3 is 9.64 Å². The van der Waals surface area contributed by atoms with Gasteiger partial charge in [0.1, 0.15) is 6.04 Å². The Morgan fingerprint density at radius 3 is 2.37 bits per heavy atom. The van der Waals surface area contributed by atoms with Crippen LogP contribution in [0.1, 0.15) is 32.3 Å². The van der Waals surface area contributed by atoms with Crippen molar-refractivity contribution in [1.82, 2.24) is 9.21 Å². The molecule has 164 valence electrons. The standard InChI is InChI=1S/C21H29N3O5S/c1-15-5-7-22(8-6-15)21(26)20-14-17-13-18(3-4-19(17)24(20)16(2)25)30(27,28)23-9-11-29-12-10-23/h3-4,13,15,20H,5-12,14H2,1-2H3/t20-/m1/s1. The van der Waals surface area contributed by atoms with Crippen molar-refractivity contribution < 1.29 is 22.7 Å². The van der Waals surface area contributed by atoms with Crippen molar-refractivity contribution in [3.63, 3.8) is 0 Å². The normalized spacial score (nSPS) is 23.5. The number of amides is 2. The Kier molecular flexibility index (Phi) is 5.87. The molecule has 2 saturated heterocycles. The number of hydrogen-bond acceptors (Lipinski definition) is 5. The van der Waals surface area contributed by atoms with Crippen molar-refractivity contribution in [2.45, 2.75) is 44.0 Å². The minimum atomic E-state index is -3.63. The second kappa shape index (κ2) is 8.28. The van der Waals surface area contributed by atoms with Crippen molar-refractivity contribution in [1.29, 1.82) is 0 Å².